The number of hydrogen-bond donors (Lipinski definition) is 0. The molecule has 9 heteroatoms. The fourth-order valence-corrected chi connectivity index (χ4v) is 16.0. The van der Waals surface area contributed by atoms with Gasteiger partial charge in [-0.1, -0.05) is 0 Å². The van der Waals surface area contributed by atoms with Gasteiger partial charge in [0.15, 0.2) is 16.6 Å². The molecule has 0 fully saturated rings. The Kier molecular flexibility index (Phi) is 9.50. The van der Waals surface area contributed by atoms with Gasteiger partial charge in [-0.25, -0.2) is 4.79 Å². The first-order valence-corrected chi connectivity index (χ1v) is 20.6. The Morgan fingerprint density at radius 1 is 0.727 bits per heavy atom. The van der Waals surface area contributed by atoms with Crippen molar-refractivity contribution in [3.05, 3.63) is 54.1 Å². The largest absolute Gasteiger partial charge is 0.497 e. The summed E-state index contributed by atoms with van der Waals surface area (Å²) in [6.45, 7) is 16.0. The van der Waals surface area contributed by atoms with E-state index < -0.39 is 31.2 Å². The normalized spacial score (nSPS) is 12.4. The number of benzene rings is 2. The number of hydrogen-bond acceptors (Lipinski definition) is 6. The Bertz CT molecular complexity index is 870. The van der Waals surface area contributed by atoms with Crippen LogP contribution in [0.1, 0.15) is 16.8 Å². The van der Waals surface area contributed by atoms with Gasteiger partial charge in [-0.2, -0.15) is 0 Å². The molecule has 2 aromatic carbocycles. The molecule has 182 valence electrons. The van der Waals surface area contributed by atoms with Crippen molar-refractivity contribution >= 4 is 31.2 Å². The zero-order chi connectivity index (χ0) is 24.7. The van der Waals surface area contributed by atoms with Crippen LogP contribution >= 0.6 is 0 Å². The molecule has 33 heavy (non-hydrogen) atoms. The zero-order valence-corrected chi connectivity index (χ0v) is 24.2. The van der Waals surface area contributed by atoms with Gasteiger partial charge >= 0.3 is 14.5 Å². The number of carbonyl (C=O) groups is 1. The average molecular weight is 507 g/mol. The van der Waals surface area contributed by atoms with Crippen LogP contribution < -0.4 is 14.2 Å². The minimum atomic E-state index is -2.25. The highest BCUT2D eigenvalue weighted by Gasteiger charge is 2.39. The van der Waals surface area contributed by atoms with Crippen LogP contribution in [0.2, 0.25) is 51.9 Å². The summed E-state index contributed by atoms with van der Waals surface area (Å²) in [7, 11) is -4.06. The van der Waals surface area contributed by atoms with Gasteiger partial charge in [0, 0.05) is 0 Å². The van der Waals surface area contributed by atoms with Crippen LogP contribution in [0, 0.1) is 0 Å². The van der Waals surface area contributed by atoms with E-state index in [9.17, 15) is 4.79 Å². The van der Waals surface area contributed by atoms with Gasteiger partial charge in [0.1, 0.15) is 17.2 Å². The number of esters is 1. The van der Waals surface area contributed by atoms with Gasteiger partial charge < -0.3 is 22.4 Å². The predicted molar refractivity (Wildman–Crippen MR) is 140 cm³/mol. The molecule has 0 aromatic heterocycles. The molecule has 0 aliphatic carbocycles. The van der Waals surface area contributed by atoms with Crippen molar-refractivity contribution in [3.63, 3.8) is 0 Å². The molecule has 0 spiro atoms. The maximum absolute atomic E-state index is 12.4. The second-order valence-corrected chi connectivity index (χ2v) is 23.0. The summed E-state index contributed by atoms with van der Waals surface area (Å²) in [5, 5.41) is 0. The molecule has 0 N–H and O–H groups in total. The maximum Gasteiger partial charge on any atom is 0.343 e. The second-order valence-electron chi connectivity index (χ2n) is 10.1. The Hall–Kier alpha value is -1.92. The smallest absolute Gasteiger partial charge is 0.343 e. The minimum Gasteiger partial charge on any atom is -0.497 e. The highest BCUT2D eigenvalue weighted by Crippen LogP contribution is 2.26. The Morgan fingerprint density at radius 3 is 1.70 bits per heavy atom. The van der Waals surface area contributed by atoms with Crippen molar-refractivity contribution in [1.29, 1.82) is 0 Å². The average Bonchev–Trinajstić information content (AvgIpc) is 2.69. The molecule has 6 nitrogen and oxygen atoms in total. The second kappa shape index (κ2) is 11.5. The molecule has 0 saturated heterocycles. The van der Waals surface area contributed by atoms with Crippen molar-refractivity contribution in [1.82, 2.24) is 0 Å². The van der Waals surface area contributed by atoms with Gasteiger partial charge in [-0.3, -0.25) is 0 Å². The minimum absolute atomic E-state index is 0.416. The topological polar surface area (TPSA) is 63.2 Å². The monoisotopic (exact) mass is 506 g/mol. The quantitative estimate of drug-likeness (QED) is 0.142. The summed E-state index contributed by atoms with van der Waals surface area (Å²) in [6, 6.07) is 14.8. The van der Waals surface area contributed by atoms with Crippen LogP contribution in [-0.2, 0) is 8.23 Å². The first-order valence-electron chi connectivity index (χ1n) is 11.3. The summed E-state index contributed by atoms with van der Waals surface area (Å²) in [5.41, 5.74) is 0.463. The van der Waals surface area contributed by atoms with Crippen LogP contribution in [0.15, 0.2) is 48.5 Å². The Labute approximate surface area is 201 Å². The van der Waals surface area contributed by atoms with E-state index in [-0.39, 0.29) is 0 Å². The van der Waals surface area contributed by atoms with E-state index in [1.165, 1.54) is 0 Å². The van der Waals surface area contributed by atoms with E-state index >= 15 is 0 Å². The summed E-state index contributed by atoms with van der Waals surface area (Å²) >= 11 is 0. The molecule has 0 amide bonds. The van der Waals surface area contributed by atoms with Crippen LogP contribution in [0.25, 0.3) is 0 Å². The molecule has 2 rings (SSSR count). The lowest BCUT2D eigenvalue weighted by molar-refractivity contribution is 0.0734. The van der Waals surface area contributed by atoms with Gasteiger partial charge in [-0.05, 0) is 107 Å². The summed E-state index contributed by atoms with van der Waals surface area (Å²) < 4.78 is 29.5. The standard InChI is InChI=1S/C24H38O6Si3/c1-26-21-14-16-23(17-15-21)28-24(25)20-10-12-22(13-11-20)27-18-9-19-33(8,29-31(2,3)4)30-32(5,6)7/h10-17H,9,18-19H2,1-8H3. The Morgan fingerprint density at radius 2 is 1.21 bits per heavy atom. The lowest BCUT2D eigenvalue weighted by Gasteiger charge is -2.38. The van der Waals surface area contributed by atoms with E-state index in [0.29, 0.717) is 23.7 Å². The SMILES string of the molecule is COc1ccc(OC(=O)c2ccc(OCCC[Si](C)(O[Si](C)(C)C)O[Si](C)(C)C)cc2)cc1. The Balaban J connectivity index is 1.86. The van der Waals surface area contributed by atoms with Crippen molar-refractivity contribution in [2.75, 3.05) is 13.7 Å². The first-order chi connectivity index (χ1) is 15.3. The van der Waals surface area contributed by atoms with Crippen LogP contribution in [0.3, 0.4) is 0 Å². The lowest BCUT2D eigenvalue weighted by atomic mass is 10.2. The molecular weight excluding hydrogens is 469 g/mol. The maximum atomic E-state index is 12.4. The van der Waals surface area contributed by atoms with Crippen LogP contribution in [-0.4, -0.2) is 44.9 Å². The summed E-state index contributed by atoms with van der Waals surface area (Å²) in [6.07, 6.45) is 0.860. The highest BCUT2D eigenvalue weighted by molar-refractivity contribution is 6.87. The molecule has 0 atom stereocenters. The summed E-state index contributed by atoms with van der Waals surface area (Å²) in [4.78, 5) is 12.4. The van der Waals surface area contributed by atoms with Crippen LogP contribution in [0.4, 0.5) is 0 Å². The molecule has 0 saturated carbocycles. The third-order valence-corrected chi connectivity index (χ3v) is 14.1. The number of rotatable bonds is 12. The van der Waals surface area contributed by atoms with E-state index in [1.54, 1.807) is 55.6 Å². The van der Waals surface area contributed by atoms with Crippen molar-refractivity contribution in [2.24, 2.45) is 0 Å². The van der Waals surface area contributed by atoms with Gasteiger partial charge in [0.05, 0.1) is 19.3 Å². The molecule has 0 aliphatic rings. The van der Waals surface area contributed by atoms with Crippen molar-refractivity contribution in [2.45, 2.75) is 58.3 Å². The summed E-state index contributed by atoms with van der Waals surface area (Å²) in [5.74, 6) is 1.48. The van der Waals surface area contributed by atoms with Crippen molar-refractivity contribution < 1.29 is 27.2 Å². The molecule has 0 bridgehead atoms. The third-order valence-electron chi connectivity index (χ3n) is 4.45. The van der Waals surface area contributed by atoms with Gasteiger partial charge in [0.25, 0.3) is 0 Å². The molecule has 2 aromatic rings. The van der Waals surface area contributed by atoms with E-state index in [1.807, 2.05) is 0 Å². The van der Waals surface area contributed by atoms with E-state index in [0.717, 1.165) is 18.2 Å². The van der Waals surface area contributed by atoms with Gasteiger partial charge in [-0.15, -0.1) is 0 Å². The highest BCUT2D eigenvalue weighted by atomic mass is 28.5. The fraction of sp³-hybridized carbons (Fsp3) is 0.458. The number of carbonyl (C=O) groups excluding carboxylic acids is 1. The molecule has 0 unspecified atom stereocenters. The molecule has 0 radical (unpaired) electrons. The first kappa shape index (κ1) is 27.3. The molecule has 0 aliphatic heterocycles. The zero-order valence-electron chi connectivity index (χ0n) is 21.2. The molecular formula is C24H38O6Si3. The fourth-order valence-electron chi connectivity index (χ4n) is 3.50. The lowest BCUT2D eigenvalue weighted by Crippen LogP contribution is -2.52. The molecule has 0 heterocycles. The van der Waals surface area contributed by atoms with Crippen LogP contribution in [0.5, 0.6) is 17.2 Å². The van der Waals surface area contributed by atoms with Gasteiger partial charge in [0.2, 0.25) is 0 Å². The van der Waals surface area contributed by atoms with E-state index in [2.05, 4.69) is 45.8 Å². The van der Waals surface area contributed by atoms with Crippen molar-refractivity contribution in [3.8, 4) is 17.2 Å². The third kappa shape index (κ3) is 10.3. The predicted octanol–water partition coefficient (Wildman–Crippen LogP) is 6.46. The number of ether oxygens (including phenoxy) is 3. The van der Waals surface area contributed by atoms with E-state index in [4.69, 9.17) is 22.4 Å². The number of methoxy groups -OCH3 is 1.